The summed E-state index contributed by atoms with van der Waals surface area (Å²) in [4.78, 5) is 22.8. The number of nitrogens with zero attached hydrogens (tertiary/aromatic N) is 1. The van der Waals surface area contributed by atoms with E-state index in [4.69, 9.17) is 10.5 Å². The van der Waals surface area contributed by atoms with E-state index in [0.29, 0.717) is 0 Å². The van der Waals surface area contributed by atoms with Crippen molar-refractivity contribution < 1.29 is 14.3 Å². The van der Waals surface area contributed by atoms with Crippen molar-refractivity contribution in [2.75, 3.05) is 12.3 Å². The zero-order valence-corrected chi connectivity index (χ0v) is 9.11. The molecular formula is C9H14N4O3. The summed E-state index contributed by atoms with van der Waals surface area (Å²) < 4.78 is 4.74. The SMILES string of the molecule is CCOC(=O)C(C)NC(=O)c1[nH]ncc1N. The lowest BCUT2D eigenvalue weighted by molar-refractivity contribution is -0.144. The third-order valence-corrected chi connectivity index (χ3v) is 1.88. The highest BCUT2D eigenvalue weighted by Crippen LogP contribution is 2.05. The molecule has 88 valence electrons. The van der Waals surface area contributed by atoms with Crippen LogP contribution in [-0.4, -0.2) is 34.7 Å². The van der Waals surface area contributed by atoms with E-state index >= 15 is 0 Å². The fourth-order valence-corrected chi connectivity index (χ4v) is 1.07. The molecule has 1 rings (SSSR count). The molecule has 0 bridgehead atoms. The minimum Gasteiger partial charge on any atom is -0.464 e. The number of ether oxygens (including phenoxy) is 1. The van der Waals surface area contributed by atoms with Gasteiger partial charge >= 0.3 is 5.97 Å². The number of rotatable bonds is 4. The number of carbonyl (C=O) groups is 2. The Morgan fingerprint density at radius 2 is 2.38 bits per heavy atom. The minimum absolute atomic E-state index is 0.135. The zero-order chi connectivity index (χ0) is 12.1. The van der Waals surface area contributed by atoms with Gasteiger partial charge in [0, 0.05) is 0 Å². The predicted octanol–water partition coefficient (Wildman–Crippen LogP) is -0.327. The molecule has 0 aliphatic rings. The number of anilines is 1. The average Bonchev–Trinajstić information content (AvgIpc) is 2.64. The first-order valence-electron chi connectivity index (χ1n) is 4.82. The molecule has 1 atom stereocenters. The first-order chi connectivity index (χ1) is 7.56. The molecule has 0 aliphatic heterocycles. The van der Waals surface area contributed by atoms with Crippen molar-refractivity contribution in [2.45, 2.75) is 19.9 Å². The van der Waals surface area contributed by atoms with E-state index < -0.39 is 17.9 Å². The van der Waals surface area contributed by atoms with E-state index in [1.165, 1.54) is 13.1 Å². The van der Waals surface area contributed by atoms with Crippen molar-refractivity contribution >= 4 is 17.6 Å². The molecule has 0 fully saturated rings. The number of H-pyrrole nitrogens is 1. The van der Waals surface area contributed by atoms with E-state index in [1.807, 2.05) is 0 Å². The van der Waals surface area contributed by atoms with E-state index in [0.717, 1.165) is 0 Å². The number of aromatic nitrogens is 2. The summed E-state index contributed by atoms with van der Waals surface area (Å²) in [5.74, 6) is -0.982. The van der Waals surface area contributed by atoms with Crippen LogP contribution in [0.2, 0.25) is 0 Å². The molecule has 0 aromatic carbocycles. The molecule has 0 saturated carbocycles. The van der Waals surface area contributed by atoms with E-state index in [2.05, 4.69) is 15.5 Å². The highest BCUT2D eigenvalue weighted by atomic mass is 16.5. The number of hydrogen-bond donors (Lipinski definition) is 3. The monoisotopic (exact) mass is 226 g/mol. The van der Waals surface area contributed by atoms with Crippen molar-refractivity contribution in [1.29, 1.82) is 0 Å². The number of aromatic amines is 1. The van der Waals surface area contributed by atoms with Crippen molar-refractivity contribution in [3.05, 3.63) is 11.9 Å². The van der Waals surface area contributed by atoms with Gasteiger partial charge in [-0.1, -0.05) is 0 Å². The molecule has 0 radical (unpaired) electrons. The first kappa shape index (κ1) is 12.0. The topological polar surface area (TPSA) is 110 Å². The lowest BCUT2D eigenvalue weighted by Crippen LogP contribution is -2.39. The highest BCUT2D eigenvalue weighted by Gasteiger charge is 2.19. The molecule has 0 saturated heterocycles. The number of carbonyl (C=O) groups excluding carboxylic acids is 2. The number of hydrogen-bond acceptors (Lipinski definition) is 5. The third-order valence-electron chi connectivity index (χ3n) is 1.88. The standard InChI is InChI=1S/C9H14N4O3/c1-3-16-9(15)5(2)12-8(14)7-6(10)4-11-13-7/h4-5H,3,10H2,1-2H3,(H,11,13)(H,12,14). The van der Waals surface area contributed by atoms with Crippen LogP contribution >= 0.6 is 0 Å². The second-order valence-electron chi connectivity index (χ2n) is 3.15. The van der Waals surface area contributed by atoms with Crippen LogP contribution in [0.15, 0.2) is 6.20 Å². The molecule has 7 nitrogen and oxygen atoms in total. The summed E-state index contributed by atoms with van der Waals surface area (Å²) in [6.45, 7) is 3.49. The Balaban J connectivity index is 2.58. The van der Waals surface area contributed by atoms with Gasteiger partial charge in [-0.15, -0.1) is 0 Å². The van der Waals surface area contributed by atoms with Crippen LogP contribution in [0.4, 0.5) is 5.69 Å². The predicted molar refractivity (Wildman–Crippen MR) is 56.6 cm³/mol. The van der Waals surface area contributed by atoms with Gasteiger partial charge in [-0.3, -0.25) is 9.89 Å². The highest BCUT2D eigenvalue weighted by molar-refractivity contribution is 5.98. The molecule has 1 aromatic heterocycles. The Kier molecular flexibility index (Phi) is 3.87. The lowest BCUT2D eigenvalue weighted by Gasteiger charge is -2.11. The fourth-order valence-electron chi connectivity index (χ4n) is 1.07. The number of nitrogen functional groups attached to an aromatic ring is 1. The summed E-state index contributed by atoms with van der Waals surface area (Å²) >= 11 is 0. The largest absolute Gasteiger partial charge is 0.464 e. The molecule has 4 N–H and O–H groups in total. The van der Waals surface area contributed by atoms with Gasteiger partial charge in [-0.05, 0) is 13.8 Å². The summed E-state index contributed by atoms with van der Waals surface area (Å²) in [5, 5.41) is 8.49. The maximum Gasteiger partial charge on any atom is 0.328 e. The first-order valence-corrected chi connectivity index (χ1v) is 4.82. The van der Waals surface area contributed by atoms with Crippen LogP contribution < -0.4 is 11.1 Å². The second-order valence-corrected chi connectivity index (χ2v) is 3.15. The Morgan fingerprint density at radius 3 is 2.88 bits per heavy atom. The van der Waals surface area contributed by atoms with Gasteiger partial charge < -0.3 is 15.8 Å². The minimum atomic E-state index is -0.727. The van der Waals surface area contributed by atoms with Crippen molar-refractivity contribution in [1.82, 2.24) is 15.5 Å². The molecule has 16 heavy (non-hydrogen) atoms. The fraction of sp³-hybridized carbons (Fsp3) is 0.444. The summed E-state index contributed by atoms with van der Waals surface area (Å²) in [6, 6.07) is -0.727. The summed E-state index contributed by atoms with van der Waals surface area (Å²) in [5.41, 5.74) is 5.85. The van der Waals surface area contributed by atoms with E-state index in [1.54, 1.807) is 6.92 Å². The lowest BCUT2D eigenvalue weighted by atomic mass is 10.3. The van der Waals surface area contributed by atoms with Crippen molar-refractivity contribution in [2.24, 2.45) is 0 Å². The number of nitrogens with one attached hydrogen (secondary N) is 2. The zero-order valence-electron chi connectivity index (χ0n) is 9.11. The normalized spacial score (nSPS) is 11.9. The Morgan fingerprint density at radius 1 is 1.69 bits per heavy atom. The van der Waals surface area contributed by atoms with Gasteiger partial charge in [-0.2, -0.15) is 5.10 Å². The molecule has 1 unspecified atom stereocenters. The number of nitrogens with two attached hydrogens (primary N) is 1. The summed E-state index contributed by atoms with van der Waals surface area (Å²) in [7, 11) is 0. The third kappa shape index (κ3) is 2.72. The maximum atomic E-state index is 11.6. The average molecular weight is 226 g/mol. The van der Waals surface area contributed by atoms with Crippen molar-refractivity contribution in [3.8, 4) is 0 Å². The molecular weight excluding hydrogens is 212 g/mol. The Bertz CT molecular complexity index is 388. The quantitative estimate of drug-likeness (QED) is 0.609. The second kappa shape index (κ2) is 5.15. The van der Waals surface area contributed by atoms with Gasteiger partial charge in [0.15, 0.2) is 0 Å². The van der Waals surface area contributed by atoms with Crippen LogP contribution in [0.1, 0.15) is 24.3 Å². The number of amides is 1. The van der Waals surface area contributed by atoms with Crippen LogP contribution in [0.3, 0.4) is 0 Å². The summed E-state index contributed by atoms with van der Waals surface area (Å²) in [6.07, 6.45) is 1.32. The van der Waals surface area contributed by atoms with Crippen molar-refractivity contribution in [3.63, 3.8) is 0 Å². The van der Waals surface area contributed by atoms with Crippen LogP contribution in [0.5, 0.6) is 0 Å². The molecule has 0 aliphatic carbocycles. The number of esters is 1. The maximum absolute atomic E-state index is 11.6. The molecule has 1 aromatic rings. The van der Waals surface area contributed by atoms with Gasteiger partial charge in [0.2, 0.25) is 0 Å². The van der Waals surface area contributed by atoms with Gasteiger partial charge in [-0.25, -0.2) is 4.79 Å². The van der Waals surface area contributed by atoms with E-state index in [-0.39, 0.29) is 18.0 Å². The van der Waals surface area contributed by atoms with Crippen LogP contribution in [0.25, 0.3) is 0 Å². The van der Waals surface area contributed by atoms with Gasteiger partial charge in [0.05, 0.1) is 18.5 Å². The van der Waals surface area contributed by atoms with E-state index in [9.17, 15) is 9.59 Å². The van der Waals surface area contributed by atoms with Gasteiger partial charge in [0.1, 0.15) is 11.7 Å². The smallest absolute Gasteiger partial charge is 0.328 e. The molecule has 1 heterocycles. The van der Waals surface area contributed by atoms with Crippen LogP contribution in [0, 0.1) is 0 Å². The van der Waals surface area contributed by atoms with Crippen LogP contribution in [-0.2, 0) is 9.53 Å². The Hall–Kier alpha value is -2.05. The molecule has 7 heteroatoms. The van der Waals surface area contributed by atoms with Gasteiger partial charge in [0.25, 0.3) is 5.91 Å². The molecule has 0 spiro atoms. The Labute approximate surface area is 92.3 Å². The molecule has 1 amide bonds.